The number of carbonyl (C=O) groups is 1. The van der Waals surface area contributed by atoms with Gasteiger partial charge in [0.05, 0.1) is 4.92 Å². The van der Waals surface area contributed by atoms with Gasteiger partial charge < -0.3 is 5.11 Å². The molecule has 1 aromatic rings. The molecule has 1 fully saturated rings. The fraction of sp³-hybridized carbons (Fsp3) is 0.364. The lowest BCUT2D eigenvalue weighted by Crippen LogP contribution is -2.05. The van der Waals surface area contributed by atoms with Crippen molar-refractivity contribution >= 4 is 11.5 Å². The maximum Gasteiger partial charge on any atom is 0.269 e. The lowest BCUT2D eigenvalue weighted by molar-refractivity contribution is -0.384. The predicted molar refractivity (Wildman–Crippen MR) is 56.4 cm³/mol. The van der Waals surface area contributed by atoms with E-state index in [1.165, 1.54) is 18.2 Å². The van der Waals surface area contributed by atoms with Gasteiger partial charge in [0.25, 0.3) is 5.69 Å². The van der Waals surface area contributed by atoms with Gasteiger partial charge in [0.1, 0.15) is 11.5 Å². The number of nitro benzene ring substituents is 1. The second kappa shape index (κ2) is 3.92. The van der Waals surface area contributed by atoms with E-state index in [0.717, 1.165) is 6.42 Å². The zero-order chi connectivity index (χ0) is 11.7. The number of ketones is 1. The van der Waals surface area contributed by atoms with Crippen molar-refractivity contribution in [1.82, 2.24) is 0 Å². The third kappa shape index (κ3) is 1.76. The van der Waals surface area contributed by atoms with Crippen molar-refractivity contribution < 1.29 is 14.8 Å². The molecule has 1 saturated carbocycles. The van der Waals surface area contributed by atoms with E-state index in [4.69, 9.17) is 0 Å². The summed E-state index contributed by atoms with van der Waals surface area (Å²) in [6.45, 7) is 0. The molecule has 0 spiro atoms. The first-order chi connectivity index (χ1) is 7.59. The number of Topliss-reactive ketones (excluding diaryl/α,β-unsaturated/α-hetero) is 1. The van der Waals surface area contributed by atoms with E-state index in [0.29, 0.717) is 18.4 Å². The van der Waals surface area contributed by atoms with Gasteiger partial charge in [-0.15, -0.1) is 0 Å². The molecule has 16 heavy (non-hydrogen) atoms. The van der Waals surface area contributed by atoms with E-state index in [2.05, 4.69) is 0 Å². The maximum absolute atomic E-state index is 11.5. The Bertz CT molecular complexity index is 455. The van der Waals surface area contributed by atoms with Crippen LogP contribution in [0.5, 0.6) is 5.75 Å². The molecular weight excluding hydrogens is 210 g/mol. The smallest absolute Gasteiger partial charge is 0.269 e. The van der Waals surface area contributed by atoms with Gasteiger partial charge in [0, 0.05) is 30.0 Å². The Kier molecular flexibility index (Phi) is 2.60. The quantitative estimate of drug-likeness (QED) is 0.612. The number of benzene rings is 1. The molecule has 1 aliphatic carbocycles. The molecule has 1 aromatic carbocycles. The van der Waals surface area contributed by atoms with Crippen LogP contribution in [0.25, 0.3) is 0 Å². The molecule has 0 aromatic heterocycles. The van der Waals surface area contributed by atoms with Crippen LogP contribution in [-0.2, 0) is 4.79 Å². The molecule has 0 saturated heterocycles. The lowest BCUT2D eigenvalue weighted by atomic mass is 9.95. The first-order valence-corrected chi connectivity index (χ1v) is 5.09. The highest BCUT2D eigenvalue weighted by Crippen LogP contribution is 2.37. The SMILES string of the molecule is O=C1CCCC1c1cc([N+](=O)[O-])ccc1O. The Balaban J connectivity index is 2.42. The Morgan fingerprint density at radius 1 is 1.44 bits per heavy atom. The van der Waals surface area contributed by atoms with E-state index in [1.54, 1.807) is 0 Å². The fourth-order valence-electron chi connectivity index (χ4n) is 2.08. The van der Waals surface area contributed by atoms with Crippen LogP contribution < -0.4 is 0 Å². The van der Waals surface area contributed by atoms with Crippen LogP contribution in [0.15, 0.2) is 18.2 Å². The molecule has 2 rings (SSSR count). The summed E-state index contributed by atoms with van der Waals surface area (Å²) >= 11 is 0. The van der Waals surface area contributed by atoms with E-state index < -0.39 is 4.92 Å². The minimum atomic E-state index is -0.525. The number of hydrogen-bond acceptors (Lipinski definition) is 4. The van der Waals surface area contributed by atoms with Crippen molar-refractivity contribution in [2.75, 3.05) is 0 Å². The summed E-state index contributed by atoms with van der Waals surface area (Å²) in [5.74, 6) is -0.360. The molecule has 1 N–H and O–H groups in total. The first kappa shape index (κ1) is 10.6. The number of phenolic OH excluding ortho intramolecular Hbond substituents is 1. The average Bonchev–Trinajstić information content (AvgIpc) is 2.65. The Morgan fingerprint density at radius 3 is 2.75 bits per heavy atom. The number of nitro groups is 1. The topological polar surface area (TPSA) is 80.4 Å². The highest BCUT2D eigenvalue weighted by molar-refractivity contribution is 5.88. The summed E-state index contributed by atoms with van der Waals surface area (Å²) in [5, 5.41) is 20.2. The number of phenols is 1. The van der Waals surface area contributed by atoms with Gasteiger partial charge >= 0.3 is 0 Å². The second-order valence-electron chi connectivity index (χ2n) is 3.91. The molecule has 1 atom stereocenters. The Morgan fingerprint density at radius 2 is 2.19 bits per heavy atom. The van der Waals surface area contributed by atoms with Gasteiger partial charge in [-0.3, -0.25) is 14.9 Å². The van der Waals surface area contributed by atoms with E-state index in [9.17, 15) is 20.0 Å². The minimum Gasteiger partial charge on any atom is -0.508 e. The van der Waals surface area contributed by atoms with Crippen LogP contribution in [-0.4, -0.2) is 15.8 Å². The van der Waals surface area contributed by atoms with Gasteiger partial charge in [-0.05, 0) is 18.9 Å². The molecule has 5 nitrogen and oxygen atoms in total. The molecule has 0 heterocycles. The summed E-state index contributed by atoms with van der Waals surface area (Å²) < 4.78 is 0. The number of aromatic hydroxyl groups is 1. The zero-order valence-corrected chi connectivity index (χ0v) is 8.55. The van der Waals surface area contributed by atoms with Crippen LogP contribution in [0, 0.1) is 10.1 Å². The van der Waals surface area contributed by atoms with Gasteiger partial charge in [0.2, 0.25) is 0 Å². The molecule has 0 radical (unpaired) electrons. The van der Waals surface area contributed by atoms with Crippen molar-refractivity contribution in [3.63, 3.8) is 0 Å². The summed E-state index contributed by atoms with van der Waals surface area (Å²) in [6, 6.07) is 3.81. The molecule has 1 aliphatic rings. The van der Waals surface area contributed by atoms with E-state index >= 15 is 0 Å². The molecule has 0 aliphatic heterocycles. The van der Waals surface area contributed by atoms with Crippen LogP contribution in [0.3, 0.4) is 0 Å². The van der Waals surface area contributed by atoms with Crippen molar-refractivity contribution in [3.05, 3.63) is 33.9 Å². The normalized spacial score (nSPS) is 20.0. The van der Waals surface area contributed by atoms with Crippen molar-refractivity contribution in [1.29, 1.82) is 0 Å². The van der Waals surface area contributed by atoms with E-state index in [-0.39, 0.29) is 23.1 Å². The van der Waals surface area contributed by atoms with Crippen molar-refractivity contribution in [2.24, 2.45) is 0 Å². The van der Waals surface area contributed by atoms with Crippen LogP contribution in [0.4, 0.5) is 5.69 Å². The average molecular weight is 221 g/mol. The summed E-state index contributed by atoms with van der Waals surface area (Å²) in [7, 11) is 0. The summed E-state index contributed by atoms with van der Waals surface area (Å²) in [6.07, 6.45) is 1.94. The number of rotatable bonds is 2. The molecule has 0 amide bonds. The van der Waals surface area contributed by atoms with Gasteiger partial charge in [-0.2, -0.15) is 0 Å². The predicted octanol–water partition coefficient (Wildman–Crippen LogP) is 2.14. The number of hydrogen-bond donors (Lipinski definition) is 1. The molecule has 5 heteroatoms. The largest absolute Gasteiger partial charge is 0.508 e. The third-order valence-corrected chi connectivity index (χ3v) is 2.90. The fourth-order valence-corrected chi connectivity index (χ4v) is 2.08. The Labute approximate surface area is 91.9 Å². The van der Waals surface area contributed by atoms with Gasteiger partial charge in [0.15, 0.2) is 0 Å². The Hall–Kier alpha value is -1.91. The van der Waals surface area contributed by atoms with Crippen LogP contribution in [0.2, 0.25) is 0 Å². The number of nitrogens with zero attached hydrogens (tertiary/aromatic N) is 1. The van der Waals surface area contributed by atoms with E-state index in [1.807, 2.05) is 0 Å². The number of carbonyl (C=O) groups excluding carboxylic acids is 1. The van der Waals surface area contributed by atoms with Crippen molar-refractivity contribution in [3.8, 4) is 5.75 Å². The number of non-ortho nitro benzene ring substituents is 1. The highest BCUT2D eigenvalue weighted by Gasteiger charge is 2.29. The second-order valence-corrected chi connectivity index (χ2v) is 3.91. The lowest BCUT2D eigenvalue weighted by Gasteiger charge is -2.09. The van der Waals surface area contributed by atoms with Gasteiger partial charge in [-0.1, -0.05) is 0 Å². The zero-order valence-electron chi connectivity index (χ0n) is 8.55. The molecule has 84 valence electrons. The van der Waals surface area contributed by atoms with Gasteiger partial charge in [-0.25, -0.2) is 0 Å². The first-order valence-electron chi connectivity index (χ1n) is 5.09. The third-order valence-electron chi connectivity index (χ3n) is 2.90. The standard InChI is InChI=1S/C11H11NO4/c13-10-3-1-2-8(10)9-6-7(12(15)16)4-5-11(9)14/h4-6,8,14H,1-3H2. The highest BCUT2D eigenvalue weighted by atomic mass is 16.6. The molecule has 1 unspecified atom stereocenters. The molecule has 0 bridgehead atoms. The van der Waals surface area contributed by atoms with Crippen LogP contribution >= 0.6 is 0 Å². The van der Waals surface area contributed by atoms with Crippen LogP contribution in [0.1, 0.15) is 30.7 Å². The maximum atomic E-state index is 11.5. The monoisotopic (exact) mass is 221 g/mol. The minimum absolute atomic E-state index is 0.0362. The summed E-state index contributed by atoms with van der Waals surface area (Å²) in [4.78, 5) is 21.6. The summed E-state index contributed by atoms with van der Waals surface area (Å²) in [5.41, 5.74) is 0.296. The molecular formula is C11H11NO4. The van der Waals surface area contributed by atoms with Crippen molar-refractivity contribution in [2.45, 2.75) is 25.2 Å².